The average molecular weight is 469 g/mol. The van der Waals surface area contributed by atoms with Gasteiger partial charge in [0.05, 0.1) is 17.8 Å². The van der Waals surface area contributed by atoms with Crippen LogP contribution in [0.3, 0.4) is 0 Å². The van der Waals surface area contributed by atoms with Crippen molar-refractivity contribution in [1.29, 1.82) is 0 Å². The van der Waals surface area contributed by atoms with Crippen LogP contribution in [-0.4, -0.2) is 25.2 Å². The summed E-state index contributed by atoms with van der Waals surface area (Å²) in [7, 11) is 0. The lowest BCUT2D eigenvalue weighted by Gasteiger charge is -2.47. The highest BCUT2D eigenvalue weighted by Gasteiger charge is 2.44. The first-order valence-electron chi connectivity index (χ1n) is 12.2. The van der Waals surface area contributed by atoms with E-state index in [1.54, 1.807) is 6.07 Å². The van der Waals surface area contributed by atoms with Crippen LogP contribution < -0.4 is 10.6 Å². The number of alkyl halides is 3. The predicted octanol–water partition coefficient (Wildman–Crippen LogP) is 6.30. The molecule has 2 N–H and O–H groups in total. The molecule has 0 aromatic heterocycles. The van der Waals surface area contributed by atoms with Crippen LogP contribution in [0.1, 0.15) is 42.1 Å². The van der Waals surface area contributed by atoms with Crippen LogP contribution in [0.2, 0.25) is 0 Å². The molecule has 0 saturated carbocycles. The highest BCUT2D eigenvalue weighted by atomic mass is 19.4. The molecule has 0 radical (unpaired) electrons. The van der Waals surface area contributed by atoms with Gasteiger partial charge in [0.2, 0.25) is 0 Å². The second kappa shape index (κ2) is 9.96. The molecular formula is C28H31F3N2O. The van der Waals surface area contributed by atoms with Gasteiger partial charge in [-0.15, -0.1) is 0 Å². The third-order valence-electron chi connectivity index (χ3n) is 7.30. The van der Waals surface area contributed by atoms with Gasteiger partial charge in [-0.05, 0) is 56.0 Å². The first-order valence-corrected chi connectivity index (χ1v) is 12.2. The fourth-order valence-electron chi connectivity index (χ4n) is 5.55. The molecule has 2 aromatic carbocycles. The minimum Gasteiger partial charge on any atom is -0.381 e. The Hall–Kier alpha value is -2.57. The van der Waals surface area contributed by atoms with Crippen LogP contribution in [0.5, 0.6) is 0 Å². The molecule has 6 heteroatoms. The maximum absolute atomic E-state index is 13.5. The van der Waals surface area contributed by atoms with Gasteiger partial charge in [0.25, 0.3) is 0 Å². The molecule has 1 unspecified atom stereocenters. The number of benzene rings is 2. The Morgan fingerprint density at radius 2 is 1.88 bits per heavy atom. The molecule has 0 spiro atoms. The molecular weight excluding hydrogens is 437 g/mol. The summed E-state index contributed by atoms with van der Waals surface area (Å²) in [6.07, 6.45) is 7.46. The summed E-state index contributed by atoms with van der Waals surface area (Å²) < 4.78 is 47.0. The highest BCUT2D eigenvalue weighted by Crippen LogP contribution is 2.49. The zero-order chi connectivity index (χ0) is 23.5. The van der Waals surface area contributed by atoms with Crippen molar-refractivity contribution in [2.45, 2.75) is 50.1 Å². The highest BCUT2D eigenvalue weighted by molar-refractivity contribution is 5.58. The molecule has 2 aliphatic heterocycles. The number of allylic oxidation sites excluding steroid dienone is 3. The summed E-state index contributed by atoms with van der Waals surface area (Å²) in [6, 6.07) is 14.5. The Morgan fingerprint density at radius 3 is 2.65 bits per heavy atom. The lowest BCUT2D eigenvalue weighted by atomic mass is 9.73. The molecule has 5 rings (SSSR count). The lowest BCUT2D eigenvalue weighted by molar-refractivity contribution is -0.138. The number of ether oxygens (including phenoxy) is 1. The van der Waals surface area contributed by atoms with Crippen molar-refractivity contribution in [3.63, 3.8) is 0 Å². The molecule has 1 saturated heterocycles. The summed E-state index contributed by atoms with van der Waals surface area (Å²) >= 11 is 0. The lowest BCUT2D eigenvalue weighted by Crippen LogP contribution is -2.48. The Morgan fingerprint density at radius 1 is 1.03 bits per heavy atom. The van der Waals surface area contributed by atoms with E-state index in [0.717, 1.165) is 37.9 Å². The van der Waals surface area contributed by atoms with E-state index in [-0.39, 0.29) is 24.2 Å². The van der Waals surface area contributed by atoms with Gasteiger partial charge in [-0.3, -0.25) is 0 Å². The molecule has 34 heavy (non-hydrogen) atoms. The van der Waals surface area contributed by atoms with E-state index in [1.165, 1.54) is 17.7 Å². The smallest absolute Gasteiger partial charge is 0.381 e. The Balaban J connectivity index is 1.31. The zero-order valence-corrected chi connectivity index (χ0v) is 19.1. The van der Waals surface area contributed by atoms with Gasteiger partial charge in [-0.1, -0.05) is 54.6 Å². The Labute approximate surface area is 199 Å². The molecule has 180 valence electrons. The maximum Gasteiger partial charge on any atom is 0.416 e. The molecule has 0 amide bonds. The van der Waals surface area contributed by atoms with Crippen molar-refractivity contribution < 1.29 is 17.9 Å². The number of fused-ring (bicyclic) bond motifs is 3. The fraction of sp³-hybridized carbons (Fsp3) is 0.429. The minimum absolute atomic E-state index is 0.0139. The first kappa shape index (κ1) is 23.2. The largest absolute Gasteiger partial charge is 0.416 e. The van der Waals surface area contributed by atoms with Crippen molar-refractivity contribution in [1.82, 2.24) is 5.32 Å². The van der Waals surface area contributed by atoms with Gasteiger partial charge < -0.3 is 15.4 Å². The van der Waals surface area contributed by atoms with Crippen molar-refractivity contribution in [3.05, 3.63) is 89.5 Å². The summed E-state index contributed by atoms with van der Waals surface area (Å²) in [4.78, 5) is 0. The van der Waals surface area contributed by atoms with Crippen LogP contribution in [0.25, 0.3) is 0 Å². The van der Waals surface area contributed by atoms with E-state index in [9.17, 15) is 13.2 Å². The van der Waals surface area contributed by atoms with Crippen molar-refractivity contribution in [3.8, 4) is 0 Å². The standard InChI is InChI=1S/C28H31F3N2O/c29-28(30,31)21-11-14-25-24(17-21)27-23(26(33-25)20-9-5-2-6-10-20)13-12-22(34-27)18-32-16-15-19-7-3-1-4-8-19/h1-9,11,14,17,20,22-23,26-27,32-33H,10,12-13,15-16,18H2/t20?,22-,23+,26+,27+/m1/s1. The van der Waals surface area contributed by atoms with Gasteiger partial charge in [0, 0.05) is 35.7 Å². The molecule has 2 heterocycles. The minimum atomic E-state index is -4.37. The molecule has 5 atom stereocenters. The number of halogens is 3. The molecule has 0 bridgehead atoms. The van der Waals surface area contributed by atoms with E-state index in [0.29, 0.717) is 18.0 Å². The van der Waals surface area contributed by atoms with Crippen LogP contribution in [-0.2, 0) is 17.3 Å². The van der Waals surface area contributed by atoms with Crippen molar-refractivity contribution in [2.75, 3.05) is 18.4 Å². The molecule has 2 aromatic rings. The third kappa shape index (κ3) is 5.08. The molecule has 1 aliphatic carbocycles. The number of nitrogens with one attached hydrogen (secondary N) is 2. The number of hydrogen-bond acceptors (Lipinski definition) is 3. The average Bonchev–Trinajstić information content (AvgIpc) is 2.86. The van der Waals surface area contributed by atoms with E-state index >= 15 is 0 Å². The van der Waals surface area contributed by atoms with E-state index in [1.807, 2.05) is 18.2 Å². The Kier molecular flexibility index (Phi) is 6.79. The van der Waals surface area contributed by atoms with Gasteiger partial charge >= 0.3 is 6.18 Å². The maximum atomic E-state index is 13.5. The first-order chi connectivity index (χ1) is 16.5. The van der Waals surface area contributed by atoms with Gasteiger partial charge in [-0.2, -0.15) is 13.2 Å². The SMILES string of the molecule is FC(F)(F)c1ccc2c(c1)[C@H]1O[C@@H](CNCCc3ccccc3)CC[C@H]1[C@H](C1C=CC=CC1)N2. The summed E-state index contributed by atoms with van der Waals surface area (Å²) in [5.74, 6) is 0.440. The summed E-state index contributed by atoms with van der Waals surface area (Å²) in [5.41, 5.74) is 2.07. The monoisotopic (exact) mass is 468 g/mol. The van der Waals surface area contributed by atoms with Gasteiger partial charge in [0.15, 0.2) is 0 Å². The van der Waals surface area contributed by atoms with Crippen molar-refractivity contribution >= 4 is 5.69 Å². The zero-order valence-electron chi connectivity index (χ0n) is 19.1. The van der Waals surface area contributed by atoms with E-state index in [2.05, 4.69) is 47.1 Å². The van der Waals surface area contributed by atoms with Crippen LogP contribution in [0.4, 0.5) is 18.9 Å². The second-order valence-corrected chi connectivity index (χ2v) is 9.54. The van der Waals surface area contributed by atoms with E-state index in [4.69, 9.17) is 4.74 Å². The number of rotatable bonds is 6. The number of anilines is 1. The molecule has 3 nitrogen and oxygen atoms in total. The van der Waals surface area contributed by atoms with Crippen LogP contribution in [0, 0.1) is 11.8 Å². The van der Waals surface area contributed by atoms with Crippen LogP contribution in [0.15, 0.2) is 72.8 Å². The second-order valence-electron chi connectivity index (χ2n) is 9.54. The third-order valence-corrected chi connectivity index (χ3v) is 7.30. The predicted molar refractivity (Wildman–Crippen MR) is 129 cm³/mol. The normalized spacial score (nSPS) is 28.1. The summed E-state index contributed by atoms with van der Waals surface area (Å²) in [5, 5.41) is 7.07. The topological polar surface area (TPSA) is 33.3 Å². The van der Waals surface area contributed by atoms with Gasteiger partial charge in [-0.25, -0.2) is 0 Å². The summed E-state index contributed by atoms with van der Waals surface area (Å²) in [6.45, 7) is 1.55. The van der Waals surface area contributed by atoms with Crippen molar-refractivity contribution in [2.24, 2.45) is 11.8 Å². The fourth-order valence-corrected chi connectivity index (χ4v) is 5.55. The van der Waals surface area contributed by atoms with Gasteiger partial charge in [0.1, 0.15) is 0 Å². The molecule has 3 aliphatic rings. The quantitative estimate of drug-likeness (QED) is 0.488. The Bertz CT molecular complexity index is 1030. The van der Waals surface area contributed by atoms with E-state index < -0.39 is 11.7 Å². The molecule has 1 fully saturated rings. The number of hydrogen-bond donors (Lipinski definition) is 2. The van der Waals surface area contributed by atoms with Crippen LogP contribution >= 0.6 is 0 Å².